The second-order valence-electron chi connectivity index (χ2n) is 6.89. The van der Waals surface area contributed by atoms with Crippen molar-refractivity contribution in [3.63, 3.8) is 0 Å². The van der Waals surface area contributed by atoms with Gasteiger partial charge in [-0.15, -0.1) is 0 Å². The molecule has 2 aliphatic rings. The summed E-state index contributed by atoms with van der Waals surface area (Å²) in [6, 6.07) is 0. The zero-order chi connectivity index (χ0) is 13.2. The summed E-state index contributed by atoms with van der Waals surface area (Å²) in [5.74, 6) is 0.574. The Kier molecular flexibility index (Phi) is 3.97. The third-order valence-corrected chi connectivity index (χ3v) is 4.49. The predicted octanol–water partition coefficient (Wildman–Crippen LogP) is 1.04. The van der Waals surface area contributed by atoms with E-state index in [1.54, 1.807) is 0 Å². The summed E-state index contributed by atoms with van der Waals surface area (Å²) < 4.78 is 0. The van der Waals surface area contributed by atoms with Gasteiger partial charge in [0.25, 0.3) is 0 Å². The van der Waals surface area contributed by atoms with Crippen molar-refractivity contribution in [2.75, 3.05) is 19.6 Å². The van der Waals surface area contributed by atoms with Crippen LogP contribution >= 0.6 is 0 Å². The zero-order valence-electron chi connectivity index (χ0n) is 11.6. The van der Waals surface area contributed by atoms with Gasteiger partial charge in [0.2, 0.25) is 5.91 Å². The van der Waals surface area contributed by atoms with E-state index in [0.29, 0.717) is 24.3 Å². The molecule has 1 amide bonds. The lowest BCUT2D eigenvalue weighted by Crippen LogP contribution is -2.49. The van der Waals surface area contributed by atoms with Crippen molar-refractivity contribution >= 4 is 5.91 Å². The maximum atomic E-state index is 11.7. The van der Waals surface area contributed by atoms with Gasteiger partial charge in [0.1, 0.15) is 0 Å². The highest BCUT2D eigenvalue weighted by Crippen LogP contribution is 2.39. The van der Waals surface area contributed by atoms with E-state index in [9.17, 15) is 9.90 Å². The van der Waals surface area contributed by atoms with Crippen molar-refractivity contribution in [2.24, 2.45) is 11.3 Å². The van der Waals surface area contributed by atoms with Crippen LogP contribution in [0.25, 0.3) is 0 Å². The highest BCUT2D eigenvalue weighted by atomic mass is 16.3. The summed E-state index contributed by atoms with van der Waals surface area (Å²) in [6.45, 7) is 6.81. The van der Waals surface area contributed by atoms with E-state index < -0.39 is 5.60 Å². The molecule has 1 heterocycles. The molecule has 4 nitrogen and oxygen atoms in total. The molecule has 0 aromatic carbocycles. The molecule has 1 saturated carbocycles. The van der Waals surface area contributed by atoms with E-state index in [1.807, 2.05) is 0 Å². The Morgan fingerprint density at radius 2 is 1.89 bits per heavy atom. The molecule has 0 radical (unpaired) electrons. The van der Waals surface area contributed by atoms with Crippen LogP contribution in [-0.4, -0.2) is 36.2 Å². The van der Waals surface area contributed by atoms with E-state index in [1.165, 1.54) is 0 Å². The average molecular weight is 254 g/mol. The number of hydrogen-bond acceptors (Lipinski definition) is 3. The molecule has 0 bridgehead atoms. The minimum Gasteiger partial charge on any atom is -0.388 e. The van der Waals surface area contributed by atoms with E-state index in [2.05, 4.69) is 24.5 Å². The van der Waals surface area contributed by atoms with Gasteiger partial charge in [-0.25, -0.2) is 0 Å². The fraction of sp³-hybridized carbons (Fsp3) is 0.929. The van der Waals surface area contributed by atoms with Crippen molar-refractivity contribution in [1.82, 2.24) is 10.6 Å². The molecular weight excluding hydrogens is 228 g/mol. The Morgan fingerprint density at radius 3 is 2.39 bits per heavy atom. The quantitative estimate of drug-likeness (QED) is 0.702. The van der Waals surface area contributed by atoms with E-state index >= 15 is 0 Å². The van der Waals surface area contributed by atoms with Crippen LogP contribution in [0.2, 0.25) is 0 Å². The maximum Gasteiger partial charge on any atom is 0.220 e. The fourth-order valence-electron chi connectivity index (χ4n) is 2.66. The highest BCUT2D eigenvalue weighted by molar-refractivity contribution is 5.76. The number of hydrogen-bond donors (Lipinski definition) is 3. The van der Waals surface area contributed by atoms with Crippen molar-refractivity contribution in [2.45, 2.75) is 51.6 Å². The maximum absolute atomic E-state index is 11.7. The summed E-state index contributed by atoms with van der Waals surface area (Å²) >= 11 is 0. The lowest BCUT2D eigenvalue weighted by molar-refractivity contribution is -0.124. The number of carbonyl (C=O) groups is 1. The monoisotopic (exact) mass is 254 g/mol. The molecule has 104 valence electrons. The van der Waals surface area contributed by atoms with Gasteiger partial charge >= 0.3 is 0 Å². The standard InChI is InChI=1S/C14H26N2O2/c1-13(2)3-5-14(18,6-4-13)10-16-12(17)7-11-8-15-9-11/h11,15,18H,3-10H2,1-2H3,(H,16,17). The van der Waals surface area contributed by atoms with Gasteiger partial charge in [0.05, 0.1) is 5.60 Å². The second kappa shape index (κ2) is 5.17. The Bertz CT molecular complexity index is 301. The van der Waals surface area contributed by atoms with Gasteiger partial charge in [0, 0.05) is 13.0 Å². The van der Waals surface area contributed by atoms with Gasteiger partial charge in [-0.05, 0) is 50.1 Å². The molecule has 3 N–H and O–H groups in total. The molecule has 0 spiro atoms. The van der Waals surface area contributed by atoms with Crippen molar-refractivity contribution in [1.29, 1.82) is 0 Å². The predicted molar refractivity (Wildman–Crippen MR) is 71.2 cm³/mol. The summed E-state index contributed by atoms with van der Waals surface area (Å²) in [6.07, 6.45) is 4.25. The molecule has 0 aromatic heterocycles. The first kappa shape index (κ1) is 13.8. The second-order valence-corrected chi connectivity index (χ2v) is 6.89. The minimum atomic E-state index is -0.678. The molecule has 1 aliphatic heterocycles. The van der Waals surface area contributed by atoms with Crippen LogP contribution in [0.15, 0.2) is 0 Å². The van der Waals surface area contributed by atoms with Gasteiger partial charge < -0.3 is 15.7 Å². The molecule has 0 aromatic rings. The zero-order valence-corrected chi connectivity index (χ0v) is 11.6. The lowest BCUT2D eigenvalue weighted by Gasteiger charge is -2.40. The largest absolute Gasteiger partial charge is 0.388 e. The molecule has 2 fully saturated rings. The SMILES string of the molecule is CC1(C)CCC(O)(CNC(=O)CC2CNC2)CC1. The Balaban J connectivity index is 1.70. The highest BCUT2D eigenvalue weighted by Gasteiger charge is 2.36. The summed E-state index contributed by atoms with van der Waals surface area (Å²) in [7, 11) is 0. The molecule has 18 heavy (non-hydrogen) atoms. The topological polar surface area (TPSA) is 61.4 Å². The Morgan fingerprint density at radius 1 is 1.28 bits per heavy atom. The van der Waals surface area contributed by atoms with Crippen LogP contribution in [0.1, 0.15) is 46.0 Å². The van der Waals surface area contributed by atoms with Gasteiger partial charge in [-0.3, -0.25) is 4.79 Å². The van der Waals surface area contributed by atoms with Crippen LogP contribution in [0.4, 0.5) is 0 Å². The minimum absolute atomic E-state index is 0.0831. The van der Waals surface area contributed by atoms with Gasteiger partial charge in [-0.2, -0.15) is 0 Å². The molecule has 2 rings (SSSR count). The van der Waals surface area contributed by atoms with Crippen LogP contribution < -0.4 is 10.6 Å². The molecule has 0 atom stereocenters. The first-order valence-electron chi connectivity index (χ1n) is 7.08. The number of aliphatic hydroxyl groups is 1. The fourth-order valence-corrected chi connectivity index (χ4v) is 2.66. The van der Waals surface area contributed by atoms with Crippen LogP contribution in [0.5, 0.6) is 0 Å². The first-order valence-corrected chi connectivity index (χ1v) is 7.08. The van der Waals surface area contributed by atoms with Gasteiger partial charge in [0.15, 0.2) is 0 Å². The smallest absolute Gasteiger partial charge is 0.220 e. The van der Waals surface area contributed by atoms with Crippen LogP contribution in [0.3, 0.4) is 0 Å². The summed E-state index contributed by atoms with van der Waals surface area (Å²) in [5, 5.41) is 16.5. The van der Waals surface area contributed by atoms with E-state index in [4.69, 9.17) is 0 Å². The van der Waals surface area contributed by atoms with Gasteiger partial charge in [-0.1, -0.05) is 13.8 Å². The molecular formula is C14H26N2O2. The molecule has 0 unspecified atom stereocenters. The van der Waals surface area contributed by atoms with Crippen molar-refractivity contribution in [3.05, 3.63) is 0 Å². The number of rotatable bonds is 4. The Hall–Kier alpha value is -0.610. The van der Waals surface area contributed by atoms with Crippen molar-refractivity contribution in [3.8, 4) is 0 Å². The van der Waals surface area contributed by atoms with Crippen molar-refractivity contribution < 1.29 is 9.90 Å². The molecule has 1 saturated heterocycles. The van der Waals surface area contributed by atoms with E-state index in [0.717, 1.165) is 38.8 Å². The third kappa shape index (κ3) is 3.69. The number of amides is 1. The normalized spacial score (nSPS) is 26.4. The average Bonchev–Trinajstić information content (AvgIpc) is 2.26. The molecule has 4 heteroatoms. The van der Waals surface area contributed by atoms with E-state index in [-0.39, 0.29) is 5.91 Å². The number of carbonyl (C=O) groups excluding carboxylic acids is 1. The van der Waals surface area contributed by atoms with Crippen LogP contribution in [0, 0.1) is 11.3 Å². The summed E-state index contributed by atoms with van der Waals surface area (Å²) in [5.41, 5.74) is -0.336. The molecule has 1 aliphatic carbocycles. The third-order valence-electron chi connectivity index (χ3n) is 4.49. The summed E-state index contributed by atoms with van der Waals surface area (Å²) in [4.78, 5) is 11.7. The first-order chi connectivity index (χ1) is 8.39. The lowest BCUT2D eigenvalue weighted by atomic mass is 9.71. The Labute approximate surface area is 110 Å². The number of nitrogens with one attached hydrogen (secondary N) is 2. The van der Waals surface area contributed by atoms with Crippen LogP contribution in [-0.2, 0) is 4.79 Å².